The molecule has 0 aromatic rings. The molecular weight excluding hydrogens is 285 g/mol. The molecule has 0 bridgehead atoms. The second-order valence-electron chi connectivity index (χ2n) is 3.38. The molecule has 18 heavy (non-hydrogen) atoms. The molecule has 0 aliphatic carbocycles. The fourth-order valence-corrected chi connectivity index (χ4v) is 1.13. The van der Waals surface area contributed by atoms with Crippen molar-refractivity contribution in [2.24, 2.45) is 0 Å². The van der Waals surface area contributed by atoms with Crippen LogP contribution in [-0.2, 0) is 10.4 Å². The monoisotopic (exact) mass is 306 g/mol. The first-order valence-corrected chi connectivity index (χ1v) is 6.71. The third-order valence-electron chi connectivity index (χ3n) is 1.85. The molecule has 0 heterocycles. The smallest absolute Gasteiger partial charge is 0.759 e. The summed E-state index contributed by atoms with van der Waals surface area (Å²) < 4.78 is 34.1. The van der Waals surface area contributed by atoms with Crippen molar-refractivity contribution in [3.8, 4) is 0 Å². The molecule has 0 saturated heterocycles. The fraction of sp³-hybridized carbons (Fsp3) is 0.900. The van der Waals surface area contributed by atoms with Gasteiger partial charge in [-0.2, -0.15) is 6.42 Å². The van der Waals surface area contributed by atoms with Crippen LogP contribution in [0, 0.1) is 6.92 Å². The van der Waals surface area contributed by atoms with E-state index in [2.05, 4.69) is 13.8 Å². The van der Waals surface area contributed by atoms with E-state index in [1.54, 1.807) is 0 Å². The Kier molecular flexibility index (Phi) is 45.2. The molecule has 0 rings (SSSR count). The van der Waals surface area contributed by atoms with Gasteiger partial charge in [0.25, 0.3) is 0 Å². The number of hydrogen-bond acceptors (Lipinski definition) is 4. The normalized spacial score (nSPS) is 8.89. The molecule has 0 amide bonds. The van der Waals surface area contributed by atoms with E-state index in [1.807, 2.05) is 0 Å². The zero-order chi connectivity index (χ0) is 12.2. The van der Waals surface area contributed by atoms with Crippen LogP contribution in [0.3, 0.4) is 0 Å². The molecule has 0 aliphatic heterocycles. The van der Waals surface area contributed by atoms with Crippen LogP contribution in [-0.4, -0.2) is 17.5 Å². The van der Waals surface area contributed by atoms with Crippen LogP contribution in [0.5, 0.6) is 0 Å². The van der Waals surface area contributed by atoms with Crippen LogP contribution in [0.2, 0.25) is 0 Å². The molecule has 0 unspecified atom stereocenters. The summed E-state index contributed by atoms with van der Waals surface area (Å²) in [6.07, 6.45) is 10.9. The van der Waals surface area contributed by atoms with Crippen LogP contribution in [0.4, 0.5) is 0 Å². The van der Waals surface area contributed by atoms with Gasteiger partial charge in [-0.15, -0.1) is 0 Å². The summed E-state index contributed by atoms with van der Waals surface area (Å²) >= 11 is 0. The summed E-state index contributed by atoms with van der Waals surface area (Å²) in [5.41, 5.74) is 0. The van der Waals surface area contributed by atoms with Crippen molar-refractivity contribution in [2.75, 3.05) is 0 Å². The first-order chi connectivity index (χ1) is 6.91. The number of rotatable bonds is 7. The van der Waals surface area contributed by atoms with Crippen molar-refractivity contribution < 1.29 is 106 Å². The SMILES string of the molecule is O=S(=O)([O-])[O-].[CH2-]CCCCCCCCC.[Na+].[Na+].[Na+]. The third kappa shape index (κ3) is 61.9. The average molecular weight is 306 g/mol. The minimum atomic E-state index is -5.17. The molecule has 94 valence electrons. The average Bonchev–Trinajstić information content (AvgIpc) is 2.08. The summed E-state index contributed by atoms with van der Waals surface area (Å²) in [4.78, 5) is 0. The van der Waals surface area contributed by atoms with Gasteiger partial charge in [0.05, 0.1) is 0 Å². The maximum Gasteiger partial charge on any atom is 1.00 e. The topological polar surface area (TPSA) is 80.3 Å². The standard InChI is InChI=1S/C10H21.3Na.H2O4S/c1-3-5-7-9-10-8-6-4-2;;;;1-5(2,3)4/h1,3-10H2,2H3;;;;(H2,1,2,3,4)/q-1;3*+1;/p-2. The molecule has 4 nitrogen and oxygen atoms in total. The van der Waals surface area contributed by atoms with Crippen LogP contribution in [0.1, 0.15) is 58.3 Å². The van der Waals surface area contributed by atoms with Crippen LogP contribution in [0.25, 0.3) is 0 Å². The number of unbranched alkanes of at least 4 members (excludes halogenated alkanes) is 7. The van der Waals surface area contributed by atoms with Gasteiger partial charge in [0, 0.05) is 10.4 Å². The van der Waals surface area contributed by atoms with Crippen molar-refractivity contribution in [3.05, 3.63) is 6.92 Å². The molecule has 0 aliphatic rings. The van der Waals surface area contributed by atoms with Gasteiger partial charge in [-0.05, 0) is 0 Å². The van der Waals surface area contributed by atoms with Crippen LogP contribution in [0.15, 0.2) is 0 Å². The molecule has 0 N–H and O–H groups in total. The number of hydrogen-bond donors (Lipinski definition) is 0. The Morgan fingerprint density at radius 3 is 1.39 bits per heavy atom. The van der Waals surface area contributed by atoms with Gasteiger partial charge in [-0.1, -0.05) is 51.9 Å². The van der Waals surface area contributed by atoms with E-state index in [1.165, 1.54) is 44.9 Å². The van der Waals surface area contributed by atoms with E-state index < -0.39 is 10.4 Å². The van der Waals surface area contributed by atoms with Gasteiger partial charge < -0.3 is 16.0 Å². The van der Waals surface area contributed by atoms with Crippen molar-refractivity contribution in [2.45, 2.75) is 58.3 Å². The van der Waals surface area contributed by atoms with Crippen LogP contribution < -0.4 is 88.7 Å². The predicted octanol–water partition coefficient (Wildman–Crippen LogP) is -6.36. The first-order valence-electron chi connectivity index (χ1n) is 5.37. The van der Waals surface area contributed by atoms with Gasteiger partial charge in [-0.3, -0.25) is 8.42 Å². The molecule has 0 aromatic carbocycles. The molecule has 0 atom stereocenters. The summed E-state index contributed by atoms with van der Waals surface area (Å²) in [6.45, 7) is 6.08. The van der Waals surface area contributed by atoms with Crippen molar-refractivity contribution in [3.63, 3.8) is 0 Å². The summed E-state index contributed by atoms with van der Waals surface area (Å²) in [5.74, 6) is 0. The maximum atomic E-state index is 8.52. The van der Waals surface area contributed by atoms with E-state index in [0.717, 1.165) is 6.42 Å². The van der Waals surface area contributed by atoms with E-state index in [9.17, 15) is 0 Å². The molecule has 0 spiro atoms. The van der Waals surface area contributed by atoms with Crippen molar-refractivity contribution >= 4 is 10.4 Å². The fourth-order valence-electron chi connectivity index (χ4n) is 1.13. The Hall–Kier alpha value is 2.87. The Bertz CT molecular complexity index is 195. The van der Waals surface area contributed by atoms with Gasteiger partial charge in [-0.25, -0.2) is 0 Å². The van der Waals surface area contributed by atoms with Crippen LogP contribution >= 0.6 is 0 Å². The second-order valence-corrected chi connectivity index (χ2v) is 4.20. The second kappa shape index (κ2) is 24.9. The zero-order valence-electron chi connectivity index (χ0n) is 12.4. The Labute approximate surface area is 179 Å². The van der Waals surface area contributed by atoms with Crippen molar-refractivity contribution in [1.29, 1.82) is 0 Å². The van der Waals surface area contributed by atoms with E-state index >= 15 is 0 Å². The van der Waals surface area contributed by atoms with E-state index in [-0.39, 0.29) is 88.7 Å². The zero-order valence-corrected chi connectivity index (χ0v) is 19.2. The minimum absolute atomic E-state index is 0. The molecule has 0 fully saturated rings. The van der Waals surface area contributed by atoms with Gasteiger partial charge in [0.1, 0.15) is 0 Å². The largest absolute Gasteiger partial charge is 1.00 e. The quantitative estimate of drug-likeness (QED) is 0.154. The van der Waals surface area contributed by atoms with E-state index in [4.69, 9.17) is 17.5 Å². The third-order valence-corrected chi connectivity index (χ3v) is 1.85. The predicted molar refractivity (Wildman–Crippen MR) is 58.4 cm³/mol. The summed E-state index contributed by atoms with van der Waals surface area (Å²) in [5, 5.41) is 0. The Morgan fingerprint density at radius 2 is 1.11 bits per heavy atom. The first kappa shape index (κ1) is 32.7. The summed E-state index contributed by atoms with van der Waals surface area (Å²) in [7, 11) is -5.17. The summed E-state index contributed by atoms with van der Waals surface area (Å²) in [6, 6.07) is 0. The molecule has 0 radical (unpaired) electrons. The van der Waals surface area contributed by atoms with E-state index in [0.29, 0.717) is 0 Å². The molecule has 0 saturated carbocycles. The van der Waals surface area contributed by atoms with Gasteiger partial charge in [0.2, 0.25) is 0 Å². The Balaban J connectivity index is -0.0000000621. The van der Waals surface area contributed by atoms with Crippen molar-refractivity contribution in [1.82, 2.24) is 0 Å². The minimum Gasteiger partial charge on any atom is -0.759 e. The van der Waals surface area contributed by atoms with Gasteiger partial charge >= 0.3 is 88.7 Å². The molecule has 8 heteroatoms. The Morgan fingerprint density at radius 1 is 0.833 bits per heavy atom. The maximum absolute atomic E-state index is 8.52. The molecular formula is C10H21Na3O4S. The van der Waals surface area contributed by atoms with Gasteiger partial charge in [0.15, 0.2) is 0 Å². The molecule has 0 aromatic heterocycles.